The Bertz CT molecular complexity index is 364. The monoisotopic (exact) mass is 291 g/mol. The molecule has 82 valence electrons. The summed E-state index contributed by atoms with van der Waals surface area (Å²) < 4.78 is 0.901. The smallest absolute Gasteiger partial charge is 0.303 e. The molecule has 0 bridgehead atoms. The van der Waals surface area contributed by atoms with Crippen LogP contribution in [0.25, 0.3) is 0 Å². The zero-order valence-corrected chi connectivity index (χ0v) is 10.2. The van der Waals surface area contributed by atoms with E-state index in [9.17, 15) is 9.59 Å². The standard InChI is InChI=1S/C9H10BrNO3S/c10-7-4-3-6(15-7)9(14)11-5-1-2-8(12)13/h3-4H,1-2,5H2,(H,11,14)(H,12,13). The molecule has 1 aromatic rings. The number of carbonyl (C=O) groups excluding carboxylic acids is 1. The summed E-state index contributed by atoms with van der Waals surface area (Å²) in [6, 6.07) is 3.53. The molecule has 2 N–H and O–H groups in total. The molecular formula is C9H10BrNO3S. The molecule has 0 fully saturated rings. The van der Waals surface area contributed by atoms with Crippen LogP contribution < -0.4 is 5.32 Å². The minimum Gasteiger partial charge on any atom is -0.481 e. The third-order valence-corrected chi connectivity index (χ3v) is 3.27. The number of hydrogen-bond acceptors (Lipinski definition) is 3. The normalized spacial score (nSPS) is 9.93. The molecule has 1 aromatic heterocycles. The first-order valence-electron chi connectivity index (χ1n) is 4.35. The van der Waals surface area contributed by atoms with Crippen LogP contribution in [0.5, 0.6) is 0 Å². The molecule has 0 radical (unpaired) electrons. The van der Waals surface area contributed by atoms with Crippen molar-refractivity contribution in [3.05, 3.63) is 20.8 Å². The van der Waals surface area contributed by atoms with Gasteiger partial charge in [-0.15, -0.1) is 11.3 Å². The molecule has 0 aliphatic heterocycles. The van der Waals surface area contributed by atoms with Gasteiger partial charge in [0.15, 0.2) is 0 Å². The van der Waals surface area contributed by atoms with Crippen molar-refractivity contribution >= 4 is 39.1 Å². The van der Waals surface area contributed by atoms with Crippen LogP contribution >= 0.6 is 27.3 Å². The molecule has 0 unspecified atom stereocenters. The molecule has 0 aromatic carbocycles. The second kappa shape index (κ2) is 5.87. The number of amides is 1. The third kappa shape index (κ3) is 4.44. The molecule has 0 atom stereocenters. The van der Waals surface area contributed by atoms with E-state index in [0.717, 1.165) is 3.79 Å². The Morgan fingerprint density at radius 1 is 1.47 bits per heavy atom. The molecule has 15 heavy (non-hydrogen) atoms. The van der Waals surface area contributed by atoms with Crippen molar-refractivity contribution in [2.75, 3.05) is 6.54 Å². The van der Waals surface area contributed by atoms with E-state index in [4.69, 9.17) is 5.11 Å². The van der Waals surface area contributed by atoms with E-state index in [1.807, 2.05) is 0 Å². The van der Waals surface area contributed by atoms with Gasteiger partial charge < -0.3 is 10.4 Å². The molecule has 0 spiro atoms. The SMILES string of the molecule is O=C(O)CCCNC(=O)c1ccc(Br)s1. The number of halogens is 1. The fourth-order valence-electron chi connectivity index (χ4n) is 0.965. The van der Waals surface area contributed by atoms with E-state index < -0.39 is 5.97 Å². The van der Waals surface area contributed by atoms with E-state index in [1.165, 1.54) is 11.3 Å². The maximum absolute atomic E-state index is 11.4. The summed E-state index contributed by atoms with van der Waals surface area (Å²) in [7, 11) is 0. The van der Waals surface area contributed by atoms with Gasteiger partial charge in [-0.3, -0.25) is 9.59 Å². The number of thiophene rings is 1. The van der Waals surface area contributed by atoms with Crippen LogP contribution in [0.3, 0.4) is 0 Å². The van der Waals surface area contributed by atoms with Crippen molar-refractivity contribution in [3.8, 4) is 0 Å². The van der Waals surface area contributed by atoms with Crippen LogP contribution in [0.4, 0.5) is 0 Å². The average Bonchev–Trinajstić information content (AvgIpc) is 2.59. The van der Waals surface area contributed by atoms with E-state index >= 15 is 0 Å². The summed E-state index contributed by atoms with van der Waals surface area (Å²) in [5, 5.41) is 11.0. The number of nitrogens with one attached hydrogen (secondary N) is 1. The number of carboxylic acid groups (broad SMARTS) is 1. The summed E-state index contributed by atoms with van der Waals surface area (Å²) >= 11 is 4.61. The average molecular weight is 292 g/mol. The van der Waals surface area contributed by atoms with Crippen LogP contribution in [0.1, 0.15) is 22.5 Å². The molecule has 4 nitrogen and oxygen atoms in total. The van der Waals surface area contributed by atoms with Gasteiger partial charge in [-0.1, -0.05) is 0 Å². The summed E-state index contributed by atoms with van der Waals surface area (Å²) in [5.74, 6) is -1.00. The molecule has 6 heteroatoms. The van der Waals surface area contributed by atoms with Crippen LogP contribution in [0.15, 0.2) is 15.9 Å². The summed E-state index contributed by atoms with van der Waals surface area (Å²) in [4.78, 5) is 22.3. The lowest BCUT2D eigenvalue weighted by Crippen LogP contribution is -2.23. The van der Waals surface area contributed by atoms with E-state index in [0.29, 0.717) is 17.8 Å². The Balaban J connectivity index is 2.28. The lowest BCUT2D eigenvalue weighted by atomic mass is 10.3. The van der Waals surface area contributed by atoms with Crippen LogP contribution in [0, 0.1) is 0 Å². The zero-order chi connectivity index (χ0) is 11.3. The molecule has 0 aliphatic rings. The Morgan fingerprint density at radius 3 is 2.73 bits per heavy atom. The number of rotatable bonds is 5. The van der Waals surface area contributed by atoms with E-state index in [2.05, 4.69) is 21.2 Å². The van der Waals surface area contributed by atoms with Gasteiger partial charge in [0.1, 0.15) is 0 Å². The fraction of sp³-hybridized carbons (Fsp3) is 0.333. The summed E-state index contributed by atoms with van der Waals surface area (Å²) in [6.07, 6.45) is 0.530. The number of hydrogen-bond donors (Lipinski definition) is 2. The van der Waals surface area contributed by atoms with Gasteiger partial charge in [0, 0.05) is 13.0 Å². The topological polar surface area (TPSA) is 66.4 Å². The minimum atomic E-state index is -0.844. The molecule has 1 rings (SSSR count). The molecule has 0 saturated carbocycles. The summed E-state index contributed by atoms with van der Waals surface area (Å²) in [5.41, 5.74) is 0. The largest absolute Gasteiger partial charge is 0.481 e. The first-order chi connectivity index (χ1) is 7.09. The predicted molar refractivity (Wildman–Crippen MR) is 61.2 cm³/mol. The van der Waals surface area contributed by atoms with Crippen molar-refractivity contribution in [2.45, 2.75) is 12.8 Å². The highest BCUT2D eigenvalue weighted by molar-refractivity contribution is 9.11. The van der Waals surface area contributed by atoms with Gasteiger partial charge in [0.2, 0.25) is 0 Å². The number of aliphatic carboxylic acids is 1. The van der Waals surface area contributed by atoms with Crippen molar-refractivity contribution < 1.29 is 14.7 Å². The lowest BCUT2D eigenvalue weighted by molar-refractivity contribution is -0.137. The second-order valence-electron chi connectivity index (χ2n) is 2.86. The van der Waals surface area contributed by atoms with Crippen LogP contribution in [-0.2, 0) is 4.79 Å². The van der Waals surface area contributed by atoms with Gasteiger partial charge in [0.05, 0.1) is 8.66 Å². The van der Waals surface area contributed by atoms with E-state index in [-0.39, 0.29) is 12.3 Å². The van der Waals surface area contributed by atoms with Crippen molar-refractivity contribution in [2.24, 2.45) is 0 Å². The van der Waals surface area contributed by atoms with Crippen LogP contribution in [-0.4, -0.2) is 23.5 Å². The summed E-state index contributed by atoms with van der Waals surface area (Å²) in [6.45, 7) is 0.390. The number of carboxylic acids is 1. The highest BCUT2D eigenvalue weighted by atomic mass is 79.9. The van der Waals surface area contributed by atoms with Crippen molar-refractivity contribution in [1.29, 1.82) is 0 Å². The highest BCUT2D eigenvalue weighted by Gasteiger charge is 2.07. The first kappa shape index (κ1) is 12.2. The quantitative estimate of drug-likeness (QED) is 0.817. The third-order valence-electron chi connectivity index (χ3n) is 1.65. The minimum absolute atomic E-state index is 0.0778. The predicted octanol–water partition coefficient (Wildman–Crippen LogP) is 2.11. The van der Waals surface area contributed by atoms with Gasteiger partial charge >= 0.3 is 5.97 Å². The lowest BCUT2D eigenvalue weighted by Gasteiger charge is -2.01. The Labute approximate surface area is 99.4 Å². The fourth-order valence-corrected chi connectivity index (χ4v) is 2.27. The van der Waals surface area contributed by atoms with Crippen molar-refractivity contribution in [3.63, 3.8) is 0 Å². The second-order valence-corrected chi connectivity index (χ2v) is 5.32. The van der Waals surface area contributed by atoms with E-state index in [1.54, 1.807) is 12.1 Å². The number of carbonyl (C=O) groups is 2. The molecule has 0 aliphatic carbocycles. The van der Waals surface area contributed by atoms with Gasteiger partial charge in [-0.05, 0) is 34.5 Å². The van der Waals surface area contributed by atoms with Crippen LogP contribution in [0.2, 0.25) is 0 Å². The van der Waals surface area contributed by atoms with Gasteiger partial charge in [-0.2, -0.15) is 0 Å². The first-order valence-corrected chi connectivity index (χ1v) is 5.96. The molecule has 1 amide bonds. The maximum Gasteiger partial charge on any atom is 0.303 e. The molecule has 0 saturated heterocycles. The van der Waals surface area contributed by atoms with Gasteiger partial charge in [0.25, 0.3) is 5.91 Å². The molecule has 1 heterocycles. The van der Waals surface area contributed by atoms with Crippen molar-refractivity contribution in [1.82, 2.24) is 5.32 Å². The van der Waals surface area contributed by atoms with Gasteiger partial charge in [-0.25, -0.2) is 0 Å². The maximum atomic E-state index is 11.4. The molecular weight excluding hydrogens is 282 g/mol. The Kier molecular flexibility index (Phi) is 4.77. The zero-order valence-electron chi connectivity index (χ0n) is 7.83. The Morgan fingerprint density at radius 2 is 2.20 bits per heavy atom. The Hall–Kier alpha value is -0.880. The highest BCUT2D eigenvalue weighted by Crippen LogP contribution is 2.21.